The number of anilines is 2. The lowest BCUT2D eigenvalue weighted by Crippen LogP contribution is -2.38. The van der Waals surface area contributed by atoms with Gasteiger partial charge in [0.15, 0.2) is 10.9 Å². The van der Waals surface area contributed by atoms with Crippen molar-refractivity contribution in [3.05, 3.63) is 40.9 Å². The van der Waals surface area contributed by atoms with Crippen molar-refractivity contribution in [2.45, 2.75) is 20.3 Å². The molecule has 3 rings (SSSR count). The minimum absolute atomic E-state index is 0.0137. The average molecular weight is 358 g/mol. The SMILES string of the molecule is CC(=O)c1cccc(NC(=O)N2CCCN(c3nc(C)cs3)CC2)c1. The van der Waals surface area contributed by atoms with Gasteiger partial charge in [0.1, 0.15) is 0 Å². The molecule has 0 spiro atoms. The van der Waals surface area contributed by atoms with Gasteiger partial charge in [-0.1, -0.05) is 12.1 Å². The summed E-state index contributed by atoms with van der Waals surface area (Å²) in [6.45, 7) is 6.54. The average Bonchev–Trinajstić information content (AvgIpc) is 2.87. The second-order valence-corrected chi connectivity index (χ2v) is 7.00. The van der Waals surface area contributed by atoms with Gasteiger partial charge in [0, 0.05) is 42.8 Å². The number of hydrogen-bond acceptors (Lipinski definition) is 5. The van der Waals surface area contributed by atoms with E-state index in [1.165, 1.54) is 6.92 Å². The molecule has 1 saturated heterocycles. The molecule has 2 aromatic rings. The van der Waals surface area contributed by atoms with Gasteiger partial charge in [-0.15, -0.1) is 11.3 Å². The molecule has 1 N–H and O–H groups in total. The van der Waals surface area contributed by atoms with Gasteiger partial charge in [-0.25, -0.2) is 9.78 Å². The highest BCUT2D eigenvalue weighted by molar-refractivity contribution is 7.13. The summed E-state index contributed by atoms with van der Waals surface area (Å²) < 4.78 is 0. The van der Waals surface area contributed by atoms with Gasteiger partial charge < -0.3 is 15.1 Å². The Balaban J connectivity index is 1.61. The molecule has 1 aliphatic rings. The lowest BCUT2D eigenvalue weighted by molar-refractivity contribution is 0.101. The maximum Gasteiger partial charge on any atom is 0.321 e. The molecule has 0 atom stereocenters. The third-order valence-electron chi connectivity index (χ3n) is 4.18. The van der Waals surface area contributed by atoms with E-state index in [2.05, 4.69) is 15.2 Å². The predicted octanol–water partition coefficient (Wildman–Crippen LogP) is 3.40. The number of urea groups is 1. The maximum atomic E-state index is 12.5. The molecule has 2 amide bonds. The quantitative estimate of drug-likeness (QED) is 0.854. The zero-order valence-electron chi connectivity index (χ0n) is 14.5. The number of ketones is 1. The Morgan fingerprint density at radius 1 is 1.20 bits per heavy atom. The molecule has 1 aromatic carbocycles. The number of carbonyl (C=O) groups excluding carboxylic acids is 2. The largest absolute Gasteiger partial charge is 0.346 e. The first-order chi connectivity index (χ1) is 12.0. The topological polar surface area (TPSA) is 65.5 Å². The summed E-state index contributed by atoms with van der Waals surface area (Å²) in [5.74, 6) is -0.0137. The Hall–Kier alpha value is -2.41. The first kappa shape index (κ1) is 17.4. The zero-order chi connectivity index (χ0) is 17.8. The molecule has 6 nitrogen and oxygen atoms in total. The molecule has 1 aromatic heterocycles. The fourth-order valence-corrected chi connectivity index (χ4v) is 3.67. The van der Waals surface area contributed by atoms with E-state index in [-0.39, 0.29) is 11.8 Å². The zero-order valence-corrected chi connectivity index (χ0v) is 15.3. The highest BCUT2D eigenvalue weighted by Gasteiger charge is 2.20. The van der Waals surface area contributed by atoms with Crippen LogP contribution in [-0.2, 0) is 0 Å². The van der Waals surface area contributed by atoms with E-state index in [1.54, 1.807) is 35.6 Å². The summed E-state index contributed by atoms with van der Waals surface area (Å²) in [5.41, 5.74) is 2.28. The Morgan fingerprint density at radius 3 is 2.76 bits per heavy atom. The predicted molar refractivity (Wildman–Crippen MR) is 101 cm³/mol. The van der Waals surface area contributed by atoms with E-state index < -0.39 is 0 Å². The molecule has 7 heteroatoms. The molecular weight excluding hydrogens is 336 g/mol. The van der Waals surface area contributed by atoms with E-state index in [4.69, 9.17) is 0 Å². The van der Waals surface area contributed by atoms with Crippen molar-refractivity contribution in [2.75, 3.05) is 36.4 Å². The molecule has 25 heavy (non-hydrogen) atoms. The van der Waals surface area contributed by atoms with Crippen LogP contribution in [0.2, 0.25) is 0 Å². The fourth-order valence-electron chi connectivity index (χ4n) is 2.82. The molecule has 0 aliphatic carbocycles. The number of thiazole rings is 1. The normalized spacial score (nSPS) is 15.0. The van der Waals surface area contributed by atoms with Crippen LogP contribution in [-0.4, -0.2) is 47.9 Å². The molecule has 0 unspecified atom stereocenters. The molecule has 132 valence electrons. The number of Topliss-reactive ketones (excluding diaryl/α,β-unsaturated/α-hetero) is 1. The molecular formula is C18H22N4O2S. The first-order valence-corrected chi connectivity index (χ1v) is 9.25. The van der Waals surface area contributed by atoms with Gasteiger partial charge >= 0.3 is 6.03 Å². The molecule has 2 heterocycles. The van der Waals surface area contributed by atoms with Crippen LogP contribution in [0, 0.1) is 6.92 Å². The van der Waals surface area contributed by atoms with Crippen molar-refractivity contribution in [2.24, 2.45) is 0 Å². The fraction of sp³-hybridized carbons (Fsp3) is 0.389. The van der Waals surface area contributed by atoms with Crippen LogP contribution in [0.1, 0.15) is 29.4 Å². The number of benzene rings is 1. The van der Waals surface area contributed by atoms with Crippen LogP contribution in [0.4, 0.5) is 15.6 Å². The Labute approximate surface area is 151 Å². The summed E-state index contributed by atoms with van der Waals surface area (Å²) in [7, 11) is 0. The summed E-state index contributed by atoms with van der Waals surface area (Å²) in [5, 5.41) is 5.97. The van der Waals surface area contributed by atoms with E-state index in [1.807, 2.05) is 17.2 Å². The summed E-state index contributed by atoms with van der Waals surface area (Å²) in [6, 6.07) is 6.91. The third kappa shape index (κ3) is 4.36. The van der Waals surface area contributed by atoms with Crippen LogP contribution in [0.5, 0.6) is 0 Å². The van der Waals surface area contributed by atoms with E-state index in [0.717, 1.165) is 30.3 Å². The van der Waals surface area contributed by atoms with Crippen molar-refractivity contribution in [3.63, 3.8) is 0 Å². The highest BCUT2D eigenvalue weighted by Crippen LogP contribution is 2.21. The minimum atomic E-state index is -0.127. The number of amides is 2. The van der Waals surface area contributed by atoms with Crippen LogP contribution in [0.25, 0.3) is 0 Å². The van der Waals surface area contributed by atoms with Crippen molar-refractivity contribution in [3.8, 4) is 0 Å². The Morgan fingerprint density at radius 2 is 2.04 bits per heavy atom. The lowest BCUT2D eigenvalue weighted by atomic mass is 10.1. The van der Waals surface area contributed by atoms with E-state index in [0.29, 0.717) is 24.3 Å². The van der Waals surface area contributed by atoms with Crippen LogP contribution in [0.15, 0.2) is 29.6 Å². The summed E-state index contributed by atoms with van der Waals surface area (Å²) >= 11 is 1.65. The summed E-state index contributed by atoms with van der Waals surface area (Å²) in [4.78, 5) is 32.6. The second kappa shape index (κ2) is 7.65. The number of aryl methyl sites for hydroxylation is 1. The molecule has 0 bridgehead atoms. The number of aromatic nitrogens is 1. The van der Waals surface area contributed by atoms with Gasteiger partial charge in [0.05, 0.1) is 5.69 Å². The van der Waals surface area contributed by atoms with Gasteiger partial charge in [-0.05, 0) is 32.4 Å². The number of carbonyl (C=O) groups is 2. The van der Waals surface area contributed by atoms with Crippen LogP contribution >= 0.6 is 11.3 Å². The molecule has 1 aliphatic heterocycles. The number of rotatable bonds is 3. The van der Waals surface area contributed by atoms with Crippen molar-refractivity contribution >= 4 is 34.0 Å². The van der Waals surface area contributed by atoms with Crippen LogP contribution < -0.4 is 10.2 Å². The number of nitrogens with one attached hydrogen (secondary N) is 1. The lowest BCUT2D eigenvalue weighted by Gasteiger charge is -2.22. The summed E-state index contributed by atoms with van der Waals surface area (Å²) in [6.07, 6.45) is 0.902. The van der Waals surface area contributed by atoms with Gasteiger partial charge in [0.25, 0.3) is 0 Å². The smallest absolute Gasteiger partial charge is 0.321 e. The minimum Gasteiger partial charge on any atom is -0.346 e. The number of nitrogens with zero attached hydrogens (tertiary/aromatic N) is 3. The standard InChI is InChI=1S/C18H22N4O2S/c1-13-12-25-18(19-13)22-8-4-7-21(9-10-22)17(24)20-16-6-3-5-15(11-16)14(2)23/h3,5-6,11-12H,4,7-10H2,1-2H3,(H,20,24). The van der Waals surface area contributed by atoms with Crippen LogP contribution in [0.3, 0.4) is 0 Å². The van der Waals surface area contributed by atoms with Crippen molar-refractivity contribution in [1.29, 1.82) is 0 Å². The van der Waals surface area contributed by atoms with E-state index >= 15 is 0 Å². The van der Waals surface area contributed by atoms with Gasteiger partial charge in [0.2, 0.25) is 0 Å². The van der Waals surface area contributed by atoms with E-state index in [9.17, 15) is 9.59 Å². The number of hydrogen-bond donors (Lipinski definition) is 1. The van der Waals surface area contributed by atoms with Crippen molar-refractivity contribution in [1.82, 2.24) is 9.88 Å². The monoisotopic (exact) mass is 358 g/mol. The highest BCUT2D eigenvalue weighted by atomic mass is 32.1. The molecule has 0 radical (unpaired) electrons. The maximum absolute atomic E-state index is 12.5. The van der Waals surface area contributed by atoms with Gasteiger partial charge in [-0.3, -0.25) is 4.79 Å². The Bertz CT molecular complexity index is 774. The second-order valence-electron chi connectivity index (χ2n) is 6.17. The Kier molecular flexibility index (Phi) is 5.33. The van der Waals surface area contributed by atoms with Gasteiger partial charge in [-0.2, -0.15) is 0 Å². The molecule has 0 saturated carbocycles. The van der Waals surface area contributed by atoms with Crippen molar-refractivity contribution < 1.29 is 9.59 Å². The third-order valence-corrected chi connectivity index (χ3v) is 5.20. The molecule has 1 fully saturated rings. The first-order valence-electron chi connectivity index (χ1n) is 8.37.